The molecule has 0 unspecified atom stereocenters. The Morgan fingerprint density at radius 3 is 2.38 bits per heavy atom. The number of hydrogen-bond acceptors (Lipinski definition) is 5. The maximum atomic E-state index is 13.0. The fraction of sp³-hybridized carbons (Fsp3) is 0.400. The van der Waals surface area contributed by atoms with Crippen LogP contribution >= 0.6 is 11.6 Å². The van der Waals surface area contributed by atoms with Crippen molar-refractivity contribution in [3.8, 4) is 0 Å². The van der Waals surface area contributed by atoms with Gasteiger partial charge in [0.2, 0.25) is 9.84 Å². The molecule has 0 radical (unpaired) electrons. The van der Waals surface area contributed by atoms with E-state index in [1.54, 1.807) is 43.4 Å². The number of benzene rings is 2. The number of halogens is 1. The summed E-state index contributed by atoms with van der Waals surface area (Å²) < 4.78 is 25.3. The number of nitrogens with zero attached hydrogens (tertiary/aromatic N) is 3. The summed E-state index contributed by atoms with van der Waals surface area (Å²) in [5, 5.41) is 25.4. The molecular weight excluding hydrogens is 414 g/mol. The van der Waals surface area contributed by atoms with Crippen LogP contribution in [0.25, 0.3) is 0 Å². The molecule has 0 aliphatic carbocycles. The minimum atomic E-state index is -3.62. The van der Waals surface area contributed by atoms with Crippen molar-refractivity contribution in [2.24, 2.45) is 0 Å². The first kappa shape index (κ1) is 20.6. The molecule has 0 atom stereocenters. The number of hydroxylamine groups is 6. The van der Waals surface area contributed by atoms with Crippen LogP contribution < -0.4 is 4.90 Å². The summed E-state index contributed by atoms with van der Waals surface area (Å²) in [4.78, 5) is 2.42. The smallest absolute Gasteiger partial charge is 0.210 e. The SMILES string of the molecule is C[N+]1([O-])CC[N+]([O-])(CCCN2c3ccccc3S(=O)(=O)c3ccc(Cl)cc32)CC1. The van der Waals surface area contributed by atoms with Crippen LogP contribution in [0.4, 0.5) is 11.4 Å². The molecule has 9 heteroatoms. The third-order valence-electron chi connectivity index (χ3n) is 5.86. The van der Waals surface area contributed by atoms with E-state index in [4.69, 9.17) is 11.6 Å². The van der Waals surface area contributed by atoms with Crippen LogP contribution in [0, 0.1) is 10.4 Å². The molecule has 4 rings (SSSR count). The Hall–Kier alpha value is -1.68. The monoisotopic (exact) mass is 437 g/mol. The predicted octanol–water partition coefficient (Wildman–Crippen LogP) is 3.29. The van der Waals surface area contributed by atoms with Crippen molar-refractivity contribution in [3.63, 3.8) is 0 Å². The number of rotatable bonds is 4. The quantitative estimate of drug-likeness (QED) is 0.541. The van der Waals surface area contributed by atoms with Gasteiger partial charge in [0.05, 0.1) is 34.8 Å². The van der Waals surface area contributed by atoms with Crippen molar-refractivity contribution in [1.29, 1.82) is 0 Å². The topological polar surface area (TPSA) is 83.5 Å². The largest absolute Gasteiger partial charge is 0.633 e. The Labute approximate surface area is 176 Å². The average molecular weight is 438 g/mol. The molecule has 1 saturated heterocycles. The zero-order valence-corrected chi connectivity index (χ0v) is 17.8. The first-order chi connectivity index (χ1) is 13.6. The zero-order valence-electron chi connectivity index (χ0n) is 16.3. The summed E-state index contributed by atoms with van der Waals surface area (Å²) in [6.45, 7) is 2.16. The molecule has 2 aliphatic heterocycles. The highest BCUT2D eigenvalue weighted by Gasteiger charge is 2.35. The molecule has 0 aromatic heterocycles. The van der Waals surface area contributed by atoms with Gasteiger partial charge in [-0.05, 0) is 30.3 Å². The van der Waals surface area contributed by atoms with Crippen molar-refractivity contribution < 1.29 is 17.7 Å². The van der Waals surface area contributed by atoms with Gasteiger partial charge in [-0.3, -0.25) is 0 Å². The Morgan fingerprint density at radius 1 is 1.00 bits per heavy atom. The second-order valence-electron chi connectivity index (χ2n) is 8.06. The molecule has 0 saturated carbocycles. The zero-order chi connectivity index (χ0) is 20.9. The highest BCUT2D eigenvalue weighted by atomic mass is 35.5. The van der Waals surface area contributed by atoms with Crippen molar-refractivity contribution in [3.05, 3.63) is 57.9 Å². The van der Waals surface area contributed by atoms with Gasteiger partial charge in [0.1, 0.15) is 26.2 Å². The molecule has 0 bridgehead atoms. The van der Waals surface area contributed by atoms with Crippen LogP contribution in [-0.2, 0) is 9.84 Å². The van der Waals surface area contributed by atoms with E-state index >= 15 is 0 Å². The lowest BCUT2D eigenvalue weighted by Gasteiger charge is -2.52. The number of anilines is 2. The number of sulfone groups is 1. The average Bonchev–Trinajstić information content (AvgIpc) is 2.67. The first-order valence-corrected chi connectivity index (χ1v) is 11.5. The molecule has 0 N–H and O–H groups in total. The Morgan fingerprint density at radius 2 is 1.66 bits per heavy atom. The summed E-state index contributed by atoms with van der Waals surface area (Å²) in [5.41, 5.74) is 1.14. The molecule has 29 heavy (non-hydrogen) atoms. The third kappa shape index (κ3) is 3.88. The maximum absolute atomic E-state index is 13.0. The van der Waals surface area contributed by atoms with Gasteiger partial charge in [0.25, 0.3) is 0 Å². The molecule has 1 fully saturated rings. The van der Waals surface area contributed by atoms with Gasteiger partial charge in [-0.1, -0.05) is 23.7 Å². The summed E-state index contributed by atoms with van der Waals surface area (Å²) >= 11 is 6.16. The molecule has 156 valence electrons. The number of likely N-dealkylation sites (N-methyl/N-ethyl adjacent to an activating group) is 1. The van der Waals surface area contributed by atoms with Crippen molar-refractivity contribution in [2.75, 3.05) is 51.2 Å². The number of piperazine rings is 1. The molecule has 0 amide bonds. The summed E-state index contributed by atoms with van der Waals surface area (Å²) in [6, 6.07) is 11.7. The Balaban J connectivity index is 1.59. The summed E-state index contributed by atoms with van der Waals surface area (Å²) in [5.74, 6) is 0. The van der Waals surface area contributed by atoms with Crippen molar-refractivity contribution >= 4 is 32.8 Å². The molecule has 2 aromatic rings. The molecule has 2 heterocycles. The van der Waals surface area contributed by atoms with Gasteiger partial charge in [0, 0.05) is 18.0 Å². The van der Waals surface area contributed by atoms with Crippen LogP contribution in [0.15, 0.2) is 52.3 Å². The normalized spacial score (nSPS) is 27.9. The summed E-state index contributed by atoms with van der Waals surface area (Å²) in [6.07, 6.45) is 0.576. The highest BCUT2D eigenvalue weighted by molar-refractivity contribution is 7.92. The Bertz CT molecular complexity index is 1030. The summed E-state index contributed by atoms with van der Waals surface area (Å²) in [7, 11) is -2.02. The van der Waals surface area contributed by atoms with E-state index < -0.39 is 9.84 Å². The van der Waals surface area contributed by atoms with Crippen LogP contribution in [0.5, 0.6) is 0 Å². The van der Waals surface area contributed by atoms with E-state index in [9.17, 15) is 18.8 Å². The van der Waals surface area contributed by atoms with Gasteiger partial charge >= 0.3 is 0 Å². The Kier molecular flexibility index (Phi) is 5.13. The van der Waals surface area contributed by atoms with Crippen LogP contribution in [-0.4, -0.2) is 64.0 Å². The minimum Gasteiger partial charge on any atom is -0.633 e. The fourth-order valence-corrected chi connectivity index (χ4v) is 5.88. The fourth-order valence-electron chi connectivity index (χ4n) is 4.08. The number of para-hydroxylation sites is 1. The maximum Gasteiger partial charge on any atom is 0.210 e. The standard InChI is InChI=1S/C20H24ClN3O4S/c1-23(25)11-13-24(26,14-12-23)10-4-9-22-17-5-2-3-6-19(17)29(27,28)20-8-7-16(21)15-18(20)22/h2-3,5-8,15H,4,9-14H2,1H3. The minimum absolute atomic E-state index is 0.226. The van der Waals surface area contributed by atoms with E-state index in [0.29, 0.717) is 62.1 Å². The van der Waals surface area contributed by atoms with E-state index in [1.165, 1.54) is 6.07 Å². The lowest BCUT2D eigenvalue weighted by atomic mass is 10.2. The van der Waals surface area contributed by atoms with E-state index in [0.717, 1.165) is 0 Å². The second kappa shape index (κ2) is 7.23. The van der Waals surface area contributed by atoms with Gasteiger partial charge in [0.15, 0.2) is 0 Å². The van der Waals surface area contributed by atoms with E-state index in [1.807, 2.05) is 4.90 Å². The van der Waals surface area contributed by atoms with Crippen LogP contribution in [0.1, 0.15) is 6.42 Å². The van der Waals surface area contributed by atoms with E-state index in [-0.39, 0.29) is 19.1 Å². The van der Waals surface area contributed by atoms with Crippen LogP contribution in [0.2, 0.25) is 5.02 Å². The van der Waals surface area contributed by atoms with Gasteiger partial charge in [-0.15, -0.1) is 0 Å². The molecule has 7 nitrogen and oxygen atoms in total. The predicted molar refractivity (Wildman–Crippen MR) is 112 cm³/mol. The molecular formula is C20H24ClN3O4S. The molecule has 2 aromatic carbocycles. The lowest BCUT2D eigenvalue weighted by Crippen LogP contribution is -2.61. The van der Waals surface area contributed by atoms with Gasteiger partial charge in [-0.25, -0.2) is 8.42 Å². The third-order valence-corrected chi connectivity index (χ3v) is 7.94. The van der Waals surface area contributed by atoms with Gasteiger partial charge in [-0.2, -0.15) is 0 Å². The second-order valence-corrected chi connectivity index (χ2v) is 10.4. The highest BCUT2D eigenvalue weighted by Crippen LogP contribution is 2.44. The van der Waals surface area contributed by atoms with Gasteiger partial charge < -0.3 is 24.6 Å². The van der Waals surface area contributed by atoms with Crippen molar-refractivity contribution in [1.82, 2.24) is 0 Å². The van der Waals surface area contributed by atoms with Crippen molar-refractivity contribution in [2.45, 2.75) is 16.2 Å². The van der Waals surface area contributed by atoms with E-state index in [2.05, 4.69) is 0 Å². The number of quaternary nitrogens is 2. The van der Waals surface area contributed by atoms with Crippen LogP contribution in [0.3, 0.4) is 0 Å². The lowest BCUT2D eigenvalue weighted by molar-refractivity contribution is -0.980. The molecule has 0 spiro atoms. The number of hydrogen-bond donors (Lipinski definition) is 0. The first-order valence-electron chi connectivity index (χ1n) is 9.65. The number of fused-ring (bicyclic) bond motifs is 2. The molecule has 2 aliphatic rings.